The molecule has 0 saturated carbocycles. The second kappa shape index (κ2) is 5.22. The molecule has 7 heteroatoms. The molecule has 0 spiro atoms. The number of carbonyl (C=O) groups excluding carboxylic acids is 1. The second-order valence-electron chi connectivity index (χ2n) is 4.10. The molecule has 3 aromatic heterocycles. The fourth-order valence-electron chi connectivity index (χ4n) is 1.81. The van der Waals surface area contributed by atoms with Crippen LogP contribution in [0.15, 0.2) is 37.1 Å². The number of thiophene rings is 1. The Kier molecular flexibility index (Phi) is 3.26. The summed E-state index contributed by atoms with van der Waals surface area (Å²) in [5.74, 6) is -0.206. The van der Waals surface area contributed by atoms with Crippen LogP contribution in [0.3, 0.4) is 0 Å². The third-order valence-electron chi connectivity index (χ3n) is 2.81. The van der Waals surface area contributed by atoms with Gasteiger partial charge in [-0.1, -0.05) is 0 Å². The van der Waals surface area contributed by atoms with E-state index in [1.165, 1.54) is 17.7 Å². The van der Waals surface area contributed by atoms with E-state index < -0.39 is 0 Å². The third kappa shape index (κ3) is 2.30. The molecule has 100 valence electrons. The lowest BCUT2D eigenvalue weighted by atomic mass is 10.2. The fraction of sp³-hybridized carbons (Fsp3) is 0.0769. The van der Waals surface area contributed by atoms with E-state index in [9.17, 15) is 4.79 Å². The number of carbonyl (C=O) groups is 1. The number of nitrogens with one attached hydrogen (secondary N) is 1. The average Bonchev–Trinajstić information content (AvgIpc) is 2.84. The number of nitrogens with zero attached hydrogens (tertiary/aromatic N) is 3. The molecule has 0 saturated heterocycles. The Labute approximate surface area is 118 Å². The van der Waals surface area contributed by atoms with E-state index in [0.717, 1.165) is 15.8 Å². The van der Waals surface area contributed by atoms with Crippen molar-refractivity contribution >= 4 is 33.0 Å². The van der Waals surface area contributed by atoms with Crippen LogP contribution in [0.1, 0.15) is 15.4 Å². The smallest absolute Gasteiger partial charge is 0.263 e. The van der Waals surface area contributed by atoms with Gasteiger partial charge in [-0.05, 0) is 12.1 Å². The van der Waals surface area contributed by atoms with Gasteiger partial charge in [0, 0.05) is 24.0 Å². The molecule has 3 aromatic rings. The summed E-state index contributed by atoms with van der Waals surface area (Å²) in [5, 5.41) is 3.66. The van der Waals surface area contributed by atoms with Gasteiger partial charge in [-0.25, -0.2) is 9.97 Å². The summed E-state index contributed by atoms with van der Waals surface area (Å²) in [6.45, 7) is 0.341. The molecule has 3 N–H and O–H groups in total. The van der Waals surface area contributed by atoms with Crippen LogP contribution >= 0.6 is 11.3 Å². The maximum atomic E-state index is 12.2. The molecule has 0 radical (unpaired) electrons. The minimum atomic E-state index is -0.206. The number of fused-ring (bicyclic) bond motifs is 1. The summed E-state index contributed by atoms with van der Waals surface area (Å²) in [5.41, 5.74) is 7.24. The number of aromatic nitrogens is 3. The van der Waals surface area contributed by atoms with Crippen molar-refractivity contribution in [3.8, 4) is 0 Å². The van der Waals surface area contributed by atoms with Crippen molar-refractivity contribution in [3.63, 3.8) is 0 Å². The summed E-state index contributed by atoms with van der Waals surface area (Å²) >= 11 is 1.33. The lowest BCUT2D eigenvalue weighted by Crippen LogP contribution is -2.23. The second-order valence-corrected chi connectivity index (χ2v) is 5.15. The summed E-state index contributed by atoms with van der Waals surface area (Å²) in [7, 11) is 0. The summed E-state index contributed by atoms with van der Waals surface area (Å²) in [4.78, 5) is 24.6. The zero-order chi connectivity index (χ0) is 13.9. The number of amides is 1. The molecule has 0 fully saturated rings. The van der Waals surface area contributed by atoms with Crippen LogP contribution in [0.25, 0.3) is 10.1 Å². The van der Waals surface area contributed by atoms with E-state index >= 15 is 0 Å². The van der Waals surface area contributed by atoms with Gasteiger partial charge in [0.05, 0.1) is 22.6 Å². The van der Waals surface area contributed by atoms with Crippen LogP contribution in [0.5, 0.6) is 0 Å². The zero-order valence-corrected chi connectivity index (χ0v) is 11.2. The highest BCUT2D eigenvalue weighted by atomic mass is 32.1. The standard InChI is InChI=1S/C13H11N5OS/c14-11-9-2-4-15-6-10(9)20-12(11)13(19)17-5-8-1-3-16-7-18-8/h1-4,6-7H,5,14H2,(H,17,19). The van der Waals surface area contributed by atoms with Crippen LogP contribution in [0.4, 0.5) is 5.69 Å². The molecule has 0 aliphatic rings. The summed E-state index contributed by atoms with van der Waals surface area (Å²) in [6.07, 6.45) is 6.44. The molecule has 0 unspecified atom stereocenters. The first-order valence-corrected chi connectivity index (χ1v) is 6.72. The number of hydrogen-bond donors (Lipinski definition) is 2. The molecule has 3 heterocycles. The Morgan fingerprint density at radius 1 is 1.30 bits per heavy atom. The first-order valence-electron chi connectivity index (χ1n) is 5.91. The van der Waals surface area contributed by atoms with Gasteiger partial charge in [0.1, 0.15) is 11.2 Å². The van der Waals surface area contributed by atoms with Crippen molar-refractivity contribution in [1.29, 1.82) is 0 Å². The van der Waals surface area contributed by atoms with Gasteiger partial charge in [0.15, 0.2) is 0 Å². The molecule has 0 aliphatic carbocycles. The Balaban J connectivity index is 1.81. The zero-order valence-electron chi connectivity index (χ0n) is 10.4. The van der Waals surface area contributed by atoms with Crippen molar-refractivity contribution in [2.24, 2.45) is 0 Å². The summed E-state index contributed by atoms with van der Waals surface area (Å²) in [6, 6.07) is 3.56. The van der Waals surface area contributed by atoms with Crippen LogP contribution in [0, 0.1) is 0 Å². The number of anilines is 1. The summed E-state index contributed by atoms with van der Waals surface area (Å²) < 4.78 is 0.900. The molecule has 3 rings (SSSR count). The van der Waals surface area contributed by atoms with Crippen LogP contribution in [0.2, 0.25) is 0 Å². The quantitative estimate of drug-likeness (QED) is 0.762. The van der Waals surface area contributed by atoms with Gasteiger partial charge in [-0.3, -0.25) is 9.78 Å². The molecule has 6 nitrogen and oxygen atoms in total. The van der Waals surface area contributed by atoms with Crippen molar-refractivity contribution in [2.75, 3.05) is 5.73 Å². The van der Waals surface area contributed by atoms with Crippen LogP contribution in [-0.4, -0.2) is 20.9 Å². The van der Waals surface area contributed by atoms with Gasteiger partial charge >= 0.3 is 0 Å². The molecule has 0 bridgehead atoms. The van der Waals surface area contributed by atoms with E-state index in [4.69, 9.17) is 5.73 Å². The van der Waals surface area contributed by atoms with E-state index in [2.05, 4.69) is 20.3 Å². The van der Waals surface area contributed by atoms with E-state index in [0.29, 0.717) is 17.1 Å². The lowest BCUT2D eigenvalue weighted by Gasteiger charge is -2.03. The van der Waals surface area contributed by atoms with Gasteiger partial charge in [-0.2, -0.15) is 0 Å². The highest BCUT2D eigenvalue weighted by Crippen LogP contribution is 2.32. The topological polar surface area (TPSA) is 93.8 Å². The largest absolute Gasteiger partial charge is 0.397 e. The number of rotatable bonds is 3. The van der Waals surface area contributed by atoms with E-state index in [1.807, 2.05) is 6.07 Å². The van der Waals surface area contributed by atoms with E-state index in [1.54, 1.807) is 24.7 Å². The third-order valence-corrected chi connectivity index (χ3v) is 3.97. The molecule has 0 atom stereocenters. The van der Waals surface area contributed by atoms with Gasteiger partial charge < -0.3 is 11.1 Å². The van der Waals surface area contributed by atoms with Crippen LogP contribution in [-0.2, 0) is 6.54 Å². The van der Waals surface area contributed by atoms with Crippen molar-refractivity contribution in [2.45, 2.75) is 6.54 Å². The normalized spacial score (nSPS) is 10.6. The lowest BCUT2D eigenvalue weighted by molar-refractivity contribution is 0.0955. The number of nitrogen functional groups attached to an aromatic ring is 1. The van der Waals surface area contributed by atoms with Crippen molar-refractivity contribution in [1.82, 2.24) is 20.3 Å². The molecule has 0 aromatic carbocycles. The Bertz CT molecular complexity index is 756. The maximum Gasteiger partial charge on any atom is 0.263 e. The van der Waals surface area contributed by atoms with Gasteiger partial charge in [0.2, 0.25) is 0 Å². The first kappa shape index (κ1) is 12.5. The van der Waals surface area contributed by atoms with Crippen LogP contribution < -0.4 is 11.1 Å². The Morgan fingerprint density at radius 2 is 2.15 bits per heavy atom. The number of nitrogens with two attached hydrogens (primary N) is 1. The molecule has 20 heavy (non-hydrogen) atoms. The first-order chi connectivity index (χ1) is 9.75. The molecule has 0 aliphatic heterocycles. The molecular formula is C13H11N5OS. The maximum absolute atomic E-state index is 12.2. The number of pyridine rings is 1. The molecule has 1 amide bonds. The minimum Gasteiger partial charge on any atom is -0.397 e. The van der Waals surface area contributed by atoms with Gasteiger partial charge in [-0.15, -0.1) is 11.3 Å². The predicted octanol–water partition coefficient (Wildman–Crippen LogP) is 1.60. The van der Waals surface area contributed by atoms with Crippen molar-refractivity contribution < 1.29 is 4.79 Å². The highest BCUT2D eigenvalue weighted by molar-refractivity contribution is 7.21. The number of hydrogen-bond acceptors (Lipinski definition) is 6. The fourth-order valence-corrected chi connectivity index (χ4v) is 2.82. The van der Waals surface area contributed by atoms with Gasteiger partial charge in [0.25, 0.3) is 5.91 Å². The average molecular weight is 285 g/mol. The van der Waals surface area contributed by atoms with E-state index in [-0.39, 0.29) is 5.91 Å². The highest BCUT2D eigenvalue weighted by Gasteiger charge is 2.16. The molecular weight excluding hydrogens is 274 g/mol. The monoisotopic (exact) mass is 285 g/mol. The Morgan fingerprint density at radius 3 is 2.90 bits per heavy atom. The predicted molar refractivity (Wildman–Crippen MR) is 77.2 cm³/mol. The van der Waals surface area contributed by atoms with Crippen molar-refractivity contribution in [3.05, 3.63) is 47.6 Å². The Hall–Kier alpha value is -2.54. The minimum absolute atomic E-state index is 0.206. The SMILES string of the molecule is Nc1c(C(=O)NCc2ccncn2)sc2cnccc12.